The normalized spacial score (nSPS) is 13.7. The summed E-state index contributed by atoms with van der Waals surface area (Å²) in [5, 5.41) is 21.5. The van der Waals surface area contributed by atoms with Gasteiger partial charge in [-0.25, -0.2) is 4.98 Å². The number of hydrogen-bond acceptors (Lipinski definition) is 8. The summed E-state index contributed by atoms with van der Waals surface area (Å²) in [4.78, 5) is 17.1. The quantitative estimate of drug-likeness (QED) is 0.586. The second-order valence-electron chi connectivity index (χ2n) is 5.57. The molecule has 0 aliphatic carbocycles. The molecule has 8 heteroatoms. The first-order valence-corrected chi connectivity index (χ1v) is 7.82. The third kappa shape index (κ3) is 3.50. The molecule has 126 valence electrons. The fraction of sp³-hybridized carbons (Fsp3) is 0.375. The molecule has 1 aliphatic rings. The molecule has 0 radical (unpaired) electrons. The largest absolute Gasteiger partial charge is 0.396 e. The minimum atomic E-state index is -0.120. The predicted molar refractivity (Wildman–Crippen MR) is 93.9 cm³/mol. The van der Waals surface area contributed by atoms with Crippen molar-refractivity contribution in [3.8, 4) is 0 Å². The minimum Gasteiger partial charge on any atom is -0.396 e. The molecule has 24 heavy (non-hydrogen) atoms. The van der Waals surface area contributed by atoms with Gasteiger partial charge in [0.15, 0.2) is 5.82 Å². The molecular weight excluding hydrogens is 308 g/mol. The fourth-order valence-corrected chi connectivity index (χ4v) is 2.64. The number of aromatic nitrogens is 3. The summed E-state index contributed by atoms with van der Waals surface area (Å²) in [6.45, 7) is 0.664. The van der Waals surface area contributed by atoms with Crippen LogP contribution in [0.4, 0.5) is 11.8 Å². The summed E-state index contributed by atoms with van der Waals surface area (Å²) >= 11 is 0. The number of nitrogens with one attached hydrogen (secondary N) is 1. The summed E-state index contributed by atoms with van der Waals surface area (Å²) in [5.74, 6) is 0.653. The number of rotatable bonds is 7. The van der Waals surface area contributed by atoms with Crippen LogP contribution >= 0.6 is 0 Å². The van der Waals surface area contributed by atoms with Gasteiger partial charge in [0.05, 0.1) is 12.1 Å². The van der Waals surface area contributed by atoms with E-state index in [2.05, 4.69) is 25.3 Å². The first kappa shape index (κ1) is 16.3. The van der Waals surface area contributed by atoms with E-state index in [-0.39, 0.29) is 25.2 Å². The van der Waals surface area contributed by atoms with Crippen molar-refractivity contribution >= 4 is 34.6 Å². The van der Waals surface area contributed by atoms with Gasteiger partial charge in [-0.1, -0.05) is 0 Å². The molecule has 0 spiro atoms. The molecule has 0 atom stereocenters. The number of aliphatic imine (C=N–C) groups is 1. The van der Waals surface area contributed by atoms with Gasteiger partial charge in [-0.15, -0.1) is 0 Å². The number of nitrogens with two attached hydrogens (primary N) is 1. The van der Waals surface area contributed by atoms with E-state index in [1.165, 1.54) is 0 Å². The van der Waals surface area contributed by atoms with E-state index >= 15 is 0 Å². The number of hydrogen-bond donors (Lipinski definition) is 4. The summed E-state index contributed by atoms with van der Waals surface area (Å²) in [6, 6.07) is 1.80. The molecule has 5 N–H and O–H groups in total. The first-order valence-electron chi connectivity index (χ1n) is 7.82. The number of pyridine rings is 1. The lowest BCUT2D eigenvalue weighted by molar-refractivity contribution is 0.248. The van der Waals surface area contributed by atoms with E-state index < -0.39 is 0 Å². The topological polar surface area (TPSA) is 130 Å². The van der Waals surface area contributed by atoms with Gasteiger partial charge < -0.3 is 21.3 Å². The van der Waals surface area contributed by atoms with Gasteiger partial charge in [0, 0.05) is 37.2 Å². The first-order chi connectivity index (χ1) is 11.7. The Bertz CT molecular complexity index is 783. The highest BCUT2D eigenvalue weighted by atomic mass is 16.3. The number of allylic oxidation sites excluding steroid dienone is 1. The maximum Gasteiger partial charge on any atom is 0.222 e. The van der Waals surface area contributed by atoms with Crippen molar-refractivity contribution in [3.63, 3.8) is 0 Å². The Balaban J connectivity index is 1.95. The number of anilines is 2. The molecule has 0 unspecified atom stereocenters. The van der Waals surface area contributed by atoms with Crippen LogP contribution in [0.1, 0.15) is 18.4 Å². The molecule has 3 heterocycles. The highest BCUT2D eigenvalue weighted by Gasteiger charge is 2.15. The Morgan fingerprint density at radius 3 is 2.67 bits per heavy atom. The maximum atomic E-state index is 9.15. The molecule has 1 aliphatic heterocycles. The van der Waals surface area contributed by atoms with Crippen LogP contribution in [0.3, 0.4) is 0 Å². The van der Waals surface area contributed by atoms with Crippen molar-refractivity contribution in [2.24, 2.45) is 4.99 Å². The van der Waals surface area contributed by atoms with Gasteiger partial charge in [0.1, 0.15) is 5.52 Å². The molecule has 0 saturated heterocycles. The van der Waals surface area contributed by atoms with Gasteiger partial charge >= 0.3 is 0 Å². The second-order valence-corrected chi connectivity index (χ2v) is 5.57. The van der Waals surface area contributed by atoms with Crippen molar-refractivity contribution in [2.75, 3.05) is 30.8 Å². The number of nitrogen functional groups attached to an aromatic ring is 1. The van der Waals surface area contributed by atoms with Gasteiger partial charge in [0.25, 0.3) is 0 Å². The van der Waals surface area contributed by atoms with E-state index in [4.69, 9.17) is 15.9 Å². The highest BCUT2D eigenvalue weighted by Crippen LogP contribution is 2.25. The average Bonchev–Trinajstić information content (AvgIpc) is 3.09. The number of aliphatic hydroxyl groups is 2. The lowest BCUT2D eigenvalue weighted by atomic mass is 10.1. The molecule has 0 saturated carbocycles. The standard InChI is InChI=1S/C16H20N6O2/c17-16-21-13-7-11(10-1-4-18-8-10)9-19-14(13)15(22-16)20-12(2-5-23)3-6-24/h1,4,7,9,12,23-24H,2-3,5-6,8H2,(H3,17,20,21,22). The van der Waals surface area contributed by atoms with E-state index in [1.807, 2.05) is 12.1 Å². The highest BCUT2D eigenvalue weighted by molar-refractivity contribution is 5.93. The van der Waals surface area contributed by atoms with Crippen LogP contribution in [-0.4, -0.2) is 57.2 Å². The Labute approximate surface area is 139 Å². The van der Waals surface area contributed by atoms with E-state index in [0.29, 0.717) is 36.2 Å². The zero-order valence-electron chi connectivity index (χ0n) is 13.2. The smallest absolute Gasteiger partial charge is 0.222 e. The van der Waals surface area contributed by atoms with Gasteiger partial charge in [-0.2, -0.15) is 4.98 Å². The predicted octanol–water partition coefficient (Wildman–Crippen LogP) is 0.620. The molecule has 2 aromatic heterocycles. The van der Waals surface area contributed by atoms with Crippen molar-refractivity contribution in [1.82, 2.24) is 15.0 Å². The molecule has 0 amide bonds. The Hall–Kier alpha value is -2.58. The lowest BCUT2D eigenvalue weighted by Crippen LogP contribution is -2.23. The van der Waals surface area contributed by atoms with Gasteiger partial charge in [-0.3, -0.25) is 9.98 Å². The van der Waals surface area contributed by atoms with Crippen molar-refractivity contribution in [2.45, 2.75) is 18.9 Å². The molecule has 0 aromatic carbocycles. The zero-order chi connectivity index (χ0) is 16.9. The van der Waals surface area contributed by atoms with Gasteiger partial charge in [0.2, 0.25) is 5.95 Å². The summed E-state index contributed by atoms with van der Waals surface area (Å²) < 4.78 is 0. The monoisotopic (exact) mass is 328 g/mol. The lowest BCUT2D eigenvalue weighted by Gasteiger charge is -2.18. The van der Waals surface area contributed by atoms with Crippen LogP contribution in [0.5, 0.6) is 0 Å². The third-order valence-corrected chi connectivity index (χ3v) is 3.86. The van der Waals surface area contributed by atoms with Crippen LogP contribution in [0, 0.1) is 0 Å². The number of nitrogens with zero attached hydrogens (tertiary/aromatic N) is 4. The van der Waals surface area contributed by atoms with Crippen LogP contribution < -0.4 is 11.1 Å². The Morgan fingerprint density at radius 1 is 1.21 bits per heavy atom. The summed E-state index contributed by atoms with van der Waals surface area (Å²) in [6.07, 6.45) is 6.48. The van der Waals surface area contributed by atoms with Crippen molar-refractivity contribution in [3.05, 3.63) is 23.9 Å². The second kappa shape index (κ2) is 7.33. The van der Waals surface area contributed by atoms with Crippen LogP contribution in [0.15, 0.2) is 23.3 Å². The Morgan fingerprint density at radius 2 is 2.00 bits per heavy atom. The maximum absolute atomic E-state index is 9.15. The zero-order valence-corrected chi connectivity index (χ0v) is 13.2. The molecule has 0 fully saturated rings. The van der Waals surface area contributed by atoms with Gasteiger partial charge in [-0.05, 0) is 30.6 Å². The molecule has 3 rings (SSSR count). The number of fused-ring (bicyclic) bond motifs is 1. The minimum absolute atomic E-state index is 0.0158. The molecule has 0 bridgehead atoms. The fourth-order valence-electron chi connectivity index (χ4n) is 2.64. The van der Waals surface area contributed by atoms with Crippen LogP contribution in [-0.2, 0) is 0 Å². The average molecular weight is 328 g/mol. The number of aliphatic hydroxyl groups excluding tert-OH is 2. The molecule has 2 aromatic rings. The molecule has 8 nitrogen and oxygen atoms in total. The van der Waals surface area contributed by atoms with E-state index in [9.17, 15) is 0 Å². The third-order valence-electron chi connectivity index (χ3n) is 3.86. The van der Waals surface area contributed by atoms with E-state index in [0.717, 1.165) is 11.1 Å². The van der Waals surface area contributed by atoms with Crippen molar-refractivity contribution < 1.29 is 10.2 Å². The van der Waals surface area contributed by atoms with Crippen LogP contribution in [0.2, 0.25) is 0 Å². The molecular formula is C16H20N6O2. The summed E-state index contributed by atoms with van der Waals surface area (Å²) in [5.41, 5.74) is 9.10. The SMILES string of the molecule is Nc1nc(NC(CCO)CCO)c2ncc(C3=CC=NC3)cc2n1. The summed E-state index contributed by atoms with van der Waals surface area (Å²) in [7, 11) is 0. The Kier molecular flexibility index (Phi) is 4.97. The van der Waals surface area contributed by atoms with E-state index in [1.54, 1.807) is 12.4 Å². The van der Waals surface area contributed by atoms with Crippen molar-refractivity contribution in [1.29, 1.82) is 0 Å². The van der Waals surface area contributed by atoms with Crippen LogP contribution in [0.25, 0.3) is 16.6 Å².